The van der Waals surface area contributed by atoms with E-state index in [9.17, 15) is 14.9 Å². The van der Waals surface area contributed by atoms with E-state index in [1.54, 1.807) is 12.1 Å². The van der Waals surface area contributed by atoms with Crippen molar-refractivity contribution in [3.63, 3.8) is 0 Å². The summed E-state index contributed by atoms with van der Waals surface area (Å²) in [6.45, 7) is 2.43. The first-order chi connectivity index (χ1) is 13.5. The topological polar surface area (TPSA) is 113 Å². The third-order valence-electron chi connectivity index (χ3n) is 3.83. The number of benzene rings is 2. The minimum absolute atomic E-state index is 0.156. The summed E-state index contributed by atoms with van der Waals surface area (Å²) >= 11 is 1.24. The summed E-state index contributed by atoms with van der Waals surface area (Å²) in [6.07, 6.45) is 0. The van der Waals surface area contributed by atoms with Gasteiger partial charge in [0.25, 0.3) is 11.6 Å². The standard InChI is InChI=1S/C18H17N3O6S/c1-4-27-10-5-6-12-16(7-10)28-18(19-12)20-17(22)11-8-14(25-2)15(26-3)9-13(11)21(23)24/h5-9H,4H2,1-3H3,(H,19,20,22). The SMILES string of the molecule is CCOc1ccc2nc(NC(=O)c3cc(OC)c(OC)cc3[N+](=O)[O-])sc2c1. The number of nitro groups is 1. The van der Waals surface area contributed by atoms with E-state index in [-0.39, 0.29) is 17.1 Å². The highest BCUT2D eigenvalue weighted by atomic mass is 32.1. The zero-order valence-corrected chi connectivity index (χ0v) is 16.2. The molecule has 0 aliphatic rings. The van der Waals surface area contributed by atoms with Crippen LogP contribution in [0.5, 0.6) is 17.2 Å². The van der Waals surface area contributed by atoms with E-state index in [0.717, 1.165) is 10.8 Å². The second kappa shape index (κ2) is 8.09. The largest absolute Gasteiger partial charge is 0.494 e. The lowest BCUT2D eigenvalue weighted by atomic mass is 10.1. The minimum atomic E-state index is -0.670. The number of thiazole rings is 1. The summed E-state index contributed by atoms with van der Waals surface area (Å²) < 4.78 is 16.5. The van der Waals surface area contributed by atoms with Crippen LogP contribution in [0.1, 0.15) is 17.3 Å². The van der Waals surface area contributed by atoms with E-state index in [1.165, 1.54) is 31.6 Å². The molecule has 0 saturated heterocycles. The third-order valence-corrected chi connectivity index (χ3v) is 4.77. The van der Waals surface area contributed by atoms with Crippen LogP contribution in [0.2, 0.25) is 0 Å². The van der Waals surface area contributed by atoms with Crippen molar-refractivity contribution in [1.82, 2.24) is 4.98 Å². The van der Waals surface area contributed by atoms with Gasteiger partial charge in [-0.05, 0) is 25.1 Å². The highest BCUT2D eigenvalue weighted by molar-refractivity contribution is 7.22. The molecule has 0 aliphatic heterocycles. The fourth-order valence-electron chi connectivity index (χ4n) is 2.58. The smallest absolute Gasteiger partial charge is 0.286 e. The quantitative estimate of drug-likeness (QED) is 0.470. The Bertz CT molecular complexity index is 1050. The number of rotatable bonds is 7. The summed E-state index contributed by atoms with van der Waals surface area (Å²) in [5.74, 6) is 0.405. The molecule has 1 amide bonds. The Morgan fingerprint density at radius 3 is 2.57 bits per heavy atom. The predicted octanol–water partition coefficient (Wildman–Crippen LogP) is 3.87. The first-order valence-electron chi connectivity index (χ1n) is 8.22. The first kappa shape index (κ1) is 19.4. The number of hydrogen-bond donors (Lipinski definition) is 1. The molecule has 1 heterocycles. The lowest BCUT2D eigenvalue weighted by molar-refractivity contribution is -0.385. The van der Waals surface area contributed by atoms with Gasteiger partial charge in [-0.1, -0.05) is 11.3 Å². The molecule has 0 radical (unpaired) electrons. The normalized spacial score (nSPS) is 10.5. The van der Waals surface area contributed by atoms with E-state index < -0.39 is 16.5 Å². The molecule has 146 valence electrons. The van der Waals surface area contributed by atoms with Gasteiger partial charge >= 0.3 is 0 Å². The molecule has 9 nitrogen and oxygen atoms in total. The van der Waals surface area contributed by atoms with Gasteiger partial charge in [0.15, 0.2) is 16.6 Å². The maximum absolute atomic E-state index is 12.7. The minimum Gasteiger partial charge on any atom is -0.494 e. The molecule has 28 heavy (non-hydrogen) atoms. The van der Waals surface area contributed by atoms with Crippen LogP contribution in [0.15, 0.2) is 30.3 Å². The number of amides is 1. The van der Waals surface area contributed by atoms with Crippen LogP contribution in [0.3, 0.4) is 0 Å². The number of nitrogens with one attached hydrogen (secondary N) is 1. The van der Waals surface area contributed by atoms with E-state index in [4.69, 9.17) is 14.2 Å². The second-order valence-corrected chi connectivity index (χ2v) is 6.55. The number of hydrogen-bond acceptors (Lipinski definition) is 8. The summed E-state index contributed by atoms with van der Waals surface area (Å²) in [5.41, 5.74) is 0.136. The van der Waals surface area contributed by atoms with Crippen molar-refractivity contribution in [3.05, 3.63) is 46.0 Å². The zero-order chi connectivity index (χ0) is 20.3. The van der Waals surface area contributed by atoms with Gasteiger partial charge in [-0.15, -0.1) is 0 Å². The van der Waals surface area contributed by atoms with Crippen molar-refractivity contribution >= 4 is 38.3 Å². The van der Waals surface area contributed by atoms with Crippen molar-refractivity contribution in [2.75, 3.05) is 26.1 Å². The average molecular weight is 403 g/mol. The molecule has 3 aromatic rings. The Labute approximate surface area is 164 Å². The van der Waals surface area contributed by atoms with Crippen LogP contribution in [0.4, 0.5) is 10.8 Å². The fourth-order valence-corrected chi connectivity index (χ4v) is 3.47. The summed E-state index contributed by atoms with van der Waals surface area (Å²) in [4.78, 5) is 27.8. The maximum atomic E-state index is 12.7. The Morgan fingerprint density at radius 1 is 1.21 bits per heavy atom. The molecule has 10 heteroatoms. The molecular weight excluding hydrogens is 386 g/mol. The van der Waals surface area contributed by atoms with Gasteiger partial charge in [0.05, 0.1) is 42.0 Å². The van der Waals surface area contributed by atoms with Crippen LogP contribution >= 0.6 is 11.3 Å². The number of aromatic nitrogens is 1. The Morgan fingerprint density at radius 2 is 1.93 bits per heavy atom. The number of methoxy groups -OCH3 is 2. The van der Waals surface area contributed by atoms with Gasteiger partial charge in [-0.3, -0.25) is 20.2 Å². The third kappa shape index (κ3) is 3.81. The van der Waals surface area contributed by atoms with Gasteiger partial charge in [0.1, 0.15) is 11.3 Å². The number of nitro benzene ring substituents is 1. The summed E-state index contributed by atoms with van der Waals surface area (Å²) in [6, 6.07) is 7.82. The van der Waals surface area contributed by atoms with Crippen LogP contribution in [-0.4, -0.2) is 36.6 Å². The van der Waals surface area contributed by atoms with Gasteiger partial charge in [0.2, 0.25) is 0 Å². The number of carbonyl (C=O) groups excluding carboxylic acids is 1. The number of anilines is 1. The predicted molar refractivity (Wildman–Crippen MR) is 105 cm³/mol. The molecule has 0 unspecified atom stereocenters. The Balaban J connectivity index is 1.94. The van der Waals surface area contributed by atoms with Gasteiger partial charge in [-0.2, -0.15) is 0 Å². The van der Waals surface area contributed by atoms with Crippen LogP contribution in [-0.2, 0) is 0 Å². The van der Waals surface area contributed by atoms with Gasteiger partial charge in [-0.25, -0.2) is 4.98 Å². The van der Waals surface area contributed by atoms with Crippen molar-refractivity contribution in [2.24, 2.45) is 0 Å². The highest BCUT2D eigenvalue weighted by Crippen LogP contribution is 2.35. The number of fused-ring (bicyclic) bond motifs is 1. The molecule has 3 rings (SSSR count). The maximum Gasteiger partial charge on any atom is 0.286 e. The van der Waals surface area contributed by atoms with Crippen molar-refractivity contribution in [1.29, 1.82) is 0 Å². The lowest BCUT2D eigenvalue weighted by Gasteiger charge is -2.10. The van der Waals surface area contributed by atoms with Gasteiger partial charge in [0, 0.05) is 6.07 Å². The number of ether oxygens (including phenoxy) is 3. The molecule has 0 saturated carbocycles. The molecule has 1 N–H and O–H groups in total. The van der Waals surface area contributed by atoms with Crippen molar-refractivity contribution < 1.29 is 23.9 Å². The van der Waals surface area contributed by atoms with Gasteiger partial charge < -0.3 is 14.2 Å². The molecule has 0 fully saturated rings. The fraction of sp³-hybridized carbons (Fsp3) is 0.222. The highest BCUT2D eigenvalue weighted by Gasteiger charge is 2.25. The van der Waals surface area contributed by atoms with Crippen LogP contribution < -0.4 is 19.5 Å². The molecule has 0 aliphatic carbocycles. The Hall–Kier alpha value is -3.40. The second-order valence-electron chi connectivity index (χ2n) is 5.52. The average Bonchev–Trinajstić information content (AvgIpc) is 3.08. The monoisotopic (exact) mass is 403 g/mol. The summed E-state index contributed by atoms with van der Waals surface area (Å²) in [5, 5.41) is 14.3. The van der Waals surface area contributed by atoms with Crippen LogP contribution in [0, 0.1) is 10.1 Å². The molecule has 1 aromatic heterocycles. The van der Waals surface area contributed by atoms with E-state index >= 15 is 0 Å². The number of nitrogens with zero attached hydrogens (tertiary/aromatic N) is 2. The van der Waals surface area contributed by atoms with Crippen molar-refractivity contribution in [2.45, 2.75) is 6.92 Å². The van der Waals surface area contributed by atoms with E-state index in [2.05, 4.69) is 10.3 Å². The Kier molecular flexibility index (Phi) is 5.59. The zero-order valence-electron chi connectivity index (χ0n) is 15.3. The number of carbonyl (C=O) groups is 1. The molecule has 2 aromatic carbocycles. The molecular formula is C18H17N3O6S. The van der Waals surface area contributed by atoms with E-state index in [0.29, 0.717) is 23.0 Å². The van der Waals surface area contributed by atoms with E-state index in [1.807, 2.05) is 13.0 Å². The summed E-state index contributed by atoms with van der Waals surface area (Å²) in [7, 11) is 2.74. The first-order valence-corrected chi connectivity index (χ1v) is 9.03. The molecule has 0 atom stereocenters. The lowest BCUT2D eigenvalue weighted by Crippen LogP contribution is -2.14. The molecule has 0 bridgehead atoms. The van der Waals surface area contributed by atoms with Crippen LogP contribution in [0.25, 0.3) is 10.2 Å². The van der Waals surface area contributed by atoms with Crippen molar-refractivity contribution in [3.8, 4) is 17.2 Å². The molecule has 0 spiro atoms.